The fraction of sp³-hybridized carbons (Fsp3) is 0.500. The Morgan fingerprint density at radius 3 is 2.37 bits per heavy atom. The second kappa shape index (κ2) is 7.61. The van der Waals surface area contributed by atoms with Crippen LogP contribution in [0.5, 0.6) is 5.75 Å². The second-order valence-electron chi connectivity index (χ2n) is 4.04. The third-order valence-electron chi connectivity index (χ3n) is 3.08. The SMILES string of the molecule is CCc1ccc(OC)c(CC)c1N(CCl)C(=O)CCl. The molecule has 0 fully saturated rings. The van der Waals surface area contributed by atoms with Crippen LogP contribution in [0.15, 0.2) is 12.1 Å². The summed E-state index contributed by atoms with van der Waals surface area (Å²) in [4.78, 5) is 13.5. The number of hydrogen-bond donors (Lipinski definition) is 0. The van der Waals surface area contributed by atoms with Gasteiger partial charge < -0.3 is 4.74 Å². The molecule has 0 aliphatic heterocycles. The lowest BCUT2D eigenvalue weighted by Crippen LogP contribution is -2.32. The second-order valence-corrected chi connectivity index (χ2v) is 4.54. The normalized spacial score (nSPS) is 10.4. The maximum atomic E-state index is 11.9. The molecule has 0 atom stereocenters. The lowest BCUT2D eigenvalue weighted by Gasteiger charge is -2.26. The predicted octanol–water partition coefficient (Wildman–Crippen LogP) is 3.59. The number of carbonyl (C=O) groups is 1. The van der Waals surface area contributed by atoms with Crippen molar-refractivity contribution in [2.24, 2.45) is 0 Å². The largest absolute Gasteiger partial charge is 0.496 e. The smallest absolute Gasteiger partial charge is 0.242 e. The van der Waals surface area contributed by atoms with Gasteiger partial charge in [0.05, 0.1) is 12.8 Å². The van der Waals surface area contributed by atoms with E-state index >= 15 is 0 Å². The number of nitrogens with zero attached hydrogens (tertiary/aromatic N) is 1. The van der Waals surface area contributed by atoms with Crippen molar-refractivity contribution in [2.45, 2.75) is 26.7 Å². The van der Waals surface area contributed by atoms with Crippen LogP contribution in [-0.4, -0.2) is 24.9 Å². The molecule has 3 nitrogen and oxygen atoms in total. The molecule has 1 aromatic carbocycles. The molecule has 0 saturated carbocycles. The standard InChI is InChI=1S/C14H19Cl2NO2/c1-4-10-6-7-12(19-3)11(5-2)14(10)17(9-16)13(18)8-15/h6-7H,4-5,8-9H2,1-3H3. The van der Waals surface area contributed by atoms with E-state index in [2.05, 4.69) is 0 Å². The van der Waals surface area contributed by atoms with Gasteiger partial charge in [0.1, 0.15) is 17.6 Å². The van der Waals surface area contributed by atoms with Crippen molar-refractivity contribution in [3.8, 4) is 5.75 Å². The molecular weight excluding hydrogens is 285 g/mol. The molecule has 1 aromatic rings. The van der Waals surface area contributed by atoms with E-state index in [1.807, 2.05) is 26.0 Å². The van der Waals surface area contributed by atoms with Crippen LogP contribution in [0.2, 0.25) is 0 Å². The minimum Gasteiger partial charge on any atom is -0.496 e. The van der Waals surface area contributed by atoms with Gasteiger partial charge >= 0.3 is 0 Å². The Morgan fingerprint density at radius 1 is 1.26 bits per heavy atom. The summed E-state index contributed by atoms with van der Waals surface area (Å²) in [5, 5.41) is 0. The molecule has 0 unspecified atom stereocenters. The van der Waals surface area contributed by atoms with Gasteiger partial charge in [0.15, 0.2) is 0 Å². The molecule has 1 rings (SSSR count). The van der Waals surface area contributed by atoms with E-state index < -0.39 is 0 Å². The first kappa shape index (κ1) is 16.1. The van der Waals surface area contributed by atoms with Gasteiger partial charge in [0, 0.05) is 5.56 Å². The molecule has 0 heterocycles. The van der Waals surface area contributed by atoms with E-state index in [4.69, 9.17) is 27.9 Å². The number of methoxy groups -OCH3 is 1. The van der Waals surface area contributed by atoms with Crippen molar-refractivity contribution in [1.82, 2.24) is 0 Å². The van der Waals surface area contributed by atoms with Crippen molar-refractivity contribution < 1.29 is 9.53 Å². The van der Waals surface area contributed by atoms with Crippen LogP contribution < -0.4 is 9.64 Å². The van der Waals surface area contributed by atoms with Crippen molar-refractivity contribution in [1.29, 1.82) is 0 Å². The van der Waals surface area contributed by atoms with Crippen LogP contribution in [0, 0.1) is 0 Å². The van der Waals surface area contributed by atoms with Gasteiger partial charge in [-0.1, -0.05) is 19.9 Å². The first-order valence-corrected chi connectivity index (χ1v) is 7.32. The average molecular weight is 304 g/mol. The van der Waals surface area contributed by atoms with Crippen LogP contribution in [0.25, 0.3) is 0 Å². The van der Waals surface area contributed by atoms with Gasteiger partial charge in [-0.25, -0.2) is 0 Å². The molecule has 0 saturated heterocycles. The number of aryl methyl sites for hydroxylation is 1. The maximum Gasteiger partial charge on any atom is 0.242 e. The summed E-state index contributed by atoms with van der Waals surface area (Å²) >= 11 is 11.6. The van der Waals surface area contributed by atoms with E-state index in [0.29, 0.717) is 0 Å². The van der Waals surface area contributed by atoms with E-state index in [1.165, 1.54) is 4.90 Å². The number of rotatable bonds is 6. The molecule has 19 heavy (non-hydrogen) atoms. The number of halogens is 2. The average Bonchev–Trinajstić information content (AvgIpc) is 2.46. The molecule has 0 spiro atoms. The highest BCUT2D eigenvalue weighted by Crippen LogP contribution is 2.34. The number of alkyl halides is 2. The number of ether oxygens (including phenoxy) is 1. The van der Waals surface area contributed by atoms with Gasteiger partial charge in [-0.2, -0.15) is 0 Å². The monoisotopic (exact) mass is 303 g/mol. The van der Waals surface area contributed by atoms with E-state index in [0.717, 1.165) is 35.4 Å². The molecule has 1 amide bonds. The fourth-order valence-corrected chi connectivity index (χ4v) is 2.54. The topological polar surface area (TPSA) is 29.5 Å². The van der Waals surface area contributed by atoms with Crippen molar-refractivity contribution in [3.05, 3.63) is 23.3 Å². The van der Waals surface area contributed by atoms with Gasteiger partial charge in [-0.05, 0) is 24.5 Å². The summed E-state index contributed by atoms with van der Waals surface area (Å²) in [6.45, 7) is 4.07. The Labute approximate surface area is 124 Å². The van der Waals surface area contributed by atoms with Gasteiger partial charge in [-0.3, -0.25) is 9.69 Å². The summed E-state index contributed by atoms with van der Waals surface area (Å²) in [6, 6.07) is 3.98. The summed E-state index contributed by atoms with van der Waals surface area (Å²) < 4.78 is 5.37. The van der Waals surface area contributed by atoms with Crippen molar-refractivity contribution >= 4 is 34.8 Å². The summed E-state index contributed by atoms with van der Waals surface area (Å²) in [7, 11) is 1.62. The predicted molar refractivity (Wildman–Crippen MR) is 80.7 cm³/mol. The van der Waals surface area contributed by atoms with Gasteiger partial charge in [0.25, 0.3) is 0 Å². The van der Waals surface area contributed by atoms with Crippen molar-refractivity contribution in [2.75, 3.05) is 23.9 Å². The van der Waals surface area contributed by atoms with Gasteiger partial charge in [-0.15, -0.1) is 23.2 Å². The van der Waals surface area contributed by atoms with Crippen molar-refractivity contribution in [3.63, 3.8) is 0 Å². The van der Waals surface area contributed by atoms with E-state index in [-0.39, 0.29) is 17.8 Å². The zero-order chi connectivity index (χ0) is 14.4. The van der Waals surface area contributed by atoms with Crippen LogP contribution >= 0.6 is 23.2 Å². The third kappa shape index (κ3) is 3.34. The zero-order valence-corrected chi connectivity index (χ0v) is 13.0. The Kier molecular flexibility index (Phi) is 6.46. The Hall–Kier alpha value is -0.930. The third-order valence-corrected chi connectivity index (χ3v) is 3.55. The number of anilines is 1. The molecule has 0 aliphatic rings. The fourth-order valence-electron chi connectivity index (χ4n) is 2.14. The first-order chi connectivity index (χ1) is 9.14. The molecule has 106 valence electrons. The van der Waals surface area contributed by atoms with Gasteiger partial charge in [0.2, 0.25) is 5.91 Å². The molecule has 0 aromatic heterocycles. The van der Waals surface area contributed by atoms with Crippen LogP contribution in [0.1, 0.15) is 25.0 Å². The maximum absolute atomic E-state index is 11.9. The van der Waals surface area contributed by atoms with Crippen LogP contribution in [0.3, 0.4) is 0 Å². The highest BCUT2D eigenvalue weighted by Gasteiger charge is 2.21. The molecule has 0 N–H and O–H groups in total. The number of hydrogen-bond acceptors (Lipinski definition) is 2. The highest BCUT2D eigenvalue weighted by molar-refractivity contribution is 6.31. The minimum absolute atomic E-state index is 0.0821. The number of benzene rings is 1. The first-order valence-electron chi connectivity index (χ1n) is 6.25. The minimum atomic E-state index is -0.200. The highest BCUT2D eigenvalue weighted by atomic mass is 35.5. The molecule has 0 aliphatic carbocycles. The number of carbonyl (C=O) groups excluding carboxylic acids is 1. The quantitative estimate of drug-likeness (QED) is 0.594. The summed E-state index contributed by atoms with van der Waals surface area (Å²) in [5.74, 6) is 0.484. The lowest BCUT2D eigenvalue weighted by atomic mass is 10.0. The Balaban J connectivity index is 3.47. The number of amides is 1. The van der Waals surface area contributed by atoms with Crippen LogP contribution in [-0.2, 0) is 17.6 Å². The summed E-state index contributed by atoms with van der Waals surface area (Å²) in [5.41, 5.74) is 2.89. The molecule has 0 radical (unpaired) electrons. The van der Waals surface area contributed by atoms with E-state index in [1.54, 1.807) is 7.11 Å². The lowest BCUT2D eigenvalue weighted by molar-refractivity contribution is -0.116. The Bertz CT molecular complexity index is 449. The summed E-state index contributed by atoms with van der Waals surface area (Å²) in [6.07, 6.45) is 1.57. The Morgan fingerprint density at radius 2 is 1.95 bits per heavy atom. The molecule has 5 heteroatoms. The molecule has 0 bridgehead atoms. The zero-order valence-electron chi connectivity index (χ0n) is 11.5. The van der Waals surface area contributed by atoms with Crippen LogP contribution in [0.4, 0.5) is 5.69 Å². The van der Waals surface area contributed by atoms with E-state index in [9.17, 15) is 4.79 Å². The molecular formula is C14H19Cl2NO2.